The molecule has 0 amide bonds. The lowest BCUT2D eigenvalue weighted by Crippen LogP contribution is -2.32. The van der Waals surface area contributed by atoms with E-state index in [1.165, 1.54) is 61.2 Å². The molecule has 2 heteroatoms. The molecular weight excluding hydrogens is 835 g/mol. The number of para-hydroxylation sites is 3. The van der Waals surface area contributed by atoms with Crippen molar-refractivity contribution in [3.63, 3.8) is 0 Å². The second-order valence-corrected chi connectivity index (χ2v) is 17.9. The van der Waals surface area contributed by atoms with E-state index in [4.69, 9.17) is 4.74 Å². The molecule has 2 aliphatic rings. The monoisotopic (exact) mass is 879 g/mol. The minimum Gasteiger partial charge on any atom is -0.457 e. The second kappa shape index (κ2) is 16.7. The Kier molecular flexibility index (Phi) is 9.77. The molecule has 0 atom stereocenters. The summed E-state index contributed by atoms with van der Waals surface area (Å²) < 4.78 is 6.73. The maximum atomic E-state index is 6.73. The van der Waals surface area contributed by atoms with E-state index in [1.54, 1.807) is 0 Å². The van der Waals surface area contributed by atoms with Crippen molar-refractivity contribution in [3.8, 4) is 78.3 Å². The molecule has 0 unspecified atom stereocenters. The van der Waals surface area contributed by atoms with Gasteiger partial charge < -0.3 is 9.64 Å². The van der Waals surface area contributed by atoms with E-state index in [-0.39, 0.29) is 0 Å². The highest BCUT2D eigenvalue weighted by molar-refractivity contribution is 6.02. The zero-order chi connectivity index (χ0) is 45.7. The van der Waals surface area contributed by atoms with Crippen LogP contribution in [0.25, 0.3) is 66.8 Å². The number of hydrogen-bond donors (Lipinski definition) is 0. The van der Waals surface area contributed by atoms with Gasteiger partial charge in [-0.25, -0.2) is 0 Å². The van der Waals surface area contributed by atoms with Crippen LogP contribution in [0, 0.1) is 0 Å². The summed E-state index contributed by atoms with van der Waals surface area (Å²) in [7, 11) is 0. The van der Waals surface area contributed by atoms with Crippen LogP contribution in [0.5, 0.6) is 11.5 Å². The summed E-state index contributed by atoms with van der Waals surface area (Å²) in [6.45, 7) is 0. The van der Waals surface area contributed by atoms with Crippen LogP contribution < -0.4 is 9.64 Å². The highest BCUT2D eigenvalue weighted by Gasteiger charge is 2.52. The molecule has 0 bridgehead atoms. The molecule has 0 radical (unpaired) electrons. The Labute approximate surface area is 403 Å². The van der Waals surface area contributed by atoms with Crippen molar-refractivity contribution >= 4 is 17.1 Å². The molecule has 0 saturated carbocycles. The van der Waals surface area contributed by atoms with Gasteiger partial charge in [0.2, 0.25) is 0 Å². The Balaban J connectivity index is 1.04. The first-order valence-electron chi connectivity index (χ1n) is 23.8. The predicted molar refractivity (Wildman–Crippen MR) is 286 cm³/mol. The van der Waals surface area contributed by atoms with Crippen molar-refractivity contribution in [1.82, 2.24) is 0 Å². The molecule has 13 rings (SSSR count). The molecule has 2 nitrogen and oxygen atoms in total. The fourth-order valence-corrected chi connectivity index (χ4v) is 11.2. The van der Waals surface area contributed by atoms with Crippen molar-refractivity contribution in [1.29, 1.82) is 0 Å². The third-order valence-electron chi connectivity index (χ3n) is 14.2. The van der Waals surface area contributed by atoms with Gasteiger partial charge in [0.15, 0.2) is 0 Å². The smallest absolute Gasteiger partial charge is 0.132 e. The SMILES string of the molecule is c1ccc(-c2ccc(-c3ccc(N(c4ccccc4-c4ccccc4-c4ccccc4-c4ccccc4)c4cccc5c4-c4ccccc4C54c5ccccc5Oc5ccccc54)cc3)cc2)cc1. The van der Waals surface area contributed by atoms with Gasteiger partial charge >= 0.3 is 0 Å². The Morgan fingerprint density at radius 2 is 0.638 bits per heavy atom. The van der Waals surface area contributed by atoms with E-state index >= 15 is 0 Å². The number of hydrogen-bond acceptors (Lipinski definition) is 2. The van der Waals surface area contributed by atoms with Crippen molar-refractivity contribution in [2.45, 2.75) is 5.41 Å². The zero-order valence-corrected chi connectivity index (χ0v) is 37.8. The molecule has 0 aromatic heterocycles. The van der Waals surface area contributed by atoms with Crippen LogP contribution in [-0.4, -0.2) is 0 Å². The van der Waals surface area contributed by atoms with Crippen molar-refractivity contribution < 1.29 is 4.74 Å². The van der Waals surface area contributed by atoms with Gasteiger partial charge in [0.25, 0.3) is 0 Å². The molecule has 1 aliphatic carbocycles. The Morgan fingerprint density at radius 1 is 0.246 bits per heavy atom. The average molecular weight is 880 g/mol. The van der Waals surface area contributed by atoms with E-state index in [1.807, 2.05) is 0 Å². The molecule has 0 N–H and O–H groups in total. The average Bonchev–Trinajstić information content (AvgIpc) is 3.73. The number of rotatable bonds is 8. The first-order valence-corrected chi connectivity index (χ1v) is 23.8. The van der Waals surface area contributed by atoms with Gasteiger partial charge in [-0.3, -0.25) is 0 Å². The molecule has 11 aromatic rings. The number of anilines is 3. The zero-order valence-electron chi connectivity index (χ0n) is 37.8. The number of ether oxygens (including phenoxy) is 1. The van der Waals surface area contributed by atoms with Crippen LogP contribution in [0.2, 0.25) is 0 Å². The summed E-state index contributed by atoms with van der Waals surface area (Å²) in [5.41, 5.74) is 21.6. The van der Waals surface area contributed by atoms with E-state index < -0.39 is 5.41 Å². The van der Waals surface area contributed by atoms with Gasteiger partial charge in [0.05, 0.1) is 16.8 Å². The summed E-state index contributed by atoms with van der Waals surface area (Å²) in [4.78, 5) is 2.50. The number of fused-ring (bicyclic) bond motifs is 9. The van der Waals surface area contributed by atoms with Gasteiger partial charge in [0.1, 0.15) is 11.5 Å². The van der Waals surface area contributed by atoms with Gasteiger partial charge in [0, 0.05) is 27.9 Å². The fraction of sp³-hybridized carbons (Fsp3) is 0.0149. The molecule has 0 saturated heterocycles. The van der Waals surface area contributed by atoms with Crippen LogP contribution in [0.3, 0.4) is 0 Å². The van der Waals surface area contributed by atoms with E-state index in [9.17, 15) is 0 Å². The molecule has 1 heterocycles. The Morgan fingerprint density at radius 3 is 1.25 bits per heavy atom. The highest BCUT2D eigenvalue weighted by Crippen LogP contribution is 2.64. The lowest BCUT2D eigenvalue weighted by atomic mass is 9.66. The normalized spacial score (nSPS) is 12.6. The van der Waals surface area contributed by atoms with Crippen LogP contribution >= 0.6 is 0 Å². The largest absolute Gasteiger partial charge is 0.457 e. The fourth-order valence-electron chi connectivity index (χ4n) is 11.2. The second-order valence-electron chi connectivity index (χ2n) is 17.9. The molecule has 1 aliphatic heterocycles. The third kappa shape index (κ3) is 6.56. The maximum Gasteiger partial charge on any atom is 0.132 e. The summed E-state index contributed by atoms with van der Waals surface area (Å²) >= 11 is 0. The molecule has 69 heavy (non-hydrogen) atoms. The van der Waals surface area contributed by atoms with Gasteiger partial charge in [-0.2, -0.15) is 0 Å². The first kappa shape index (κ1) is 40.3. The Hall–Kier alpha value is -8.98. The van der Waals surface area contributed by atoms with Crippen molar-refractivity contribution in [2.24, 2.45) is 0 Å². The lowest BCUT2D eigenvalue weighted by Gasteiger charge is -2.39. The van der Waals surface area contributed by atoms with Crippen molar-refractivity contribution in [2.75, 3.05) is 4.90 Å². The van der Waals surface area contributed by atoms with Crippen LogP contribution in [0.4, 0.5) is 17.1 Å². The summed E-state index contributed by atoms with van der Waals surface area (Å²) in [6, 6.07) is 99.1. The lowest BCUT2D eigenvalue weighted by molar-refractivity contribution is 0.436. The molecular formula is C67H45NO. The quantitative estimate of drug-likeness (QED) is 0.151. The third-order valence-corrected chi connectivity index (χ3v) is 14.2. The molecule has 11 aromatic carbocycles. The first-order chi connectivity index (χ1) is 34.3. The predicted octanol–water partition coefficient (Wildman–Crippen LogP) is 18.0. The van der Waals surface area contributed by atoms with Gasteiger partial charge in [-0.1, -0.05) is 237 Å². The highest BCUT2D eigenvalue weighted by atomic mass is 16.5. The standard InChI is InChI=1S/C67H45NO/c1-3-20-46(21-4-1)47-38-40-48(41-39-47)49-42-44-51(45-43-49)68(62-34-16-12-28-56(62)55-27-10-9-26-54(55)53-25-8-7-24-52(53)50-22-5-2-6-23-50)63-35-19-33-61-66(63)57-29-11-13-30-58(57)67(61)59-31-14-17-36-64(59)69-65-37-18-15-32-60(65)67/h1-45H. The minimum atomic E-state index is -0.609. The summed E-state index contributed by atoms with van der Waals surface area (Å²) in [5, 5.41) is 0. The van der Waals surface area contributed by atoms with E-state index in [2.05, 4.69) is 278 Å². The minimum absolute atomic E-state index is 0.609. The number of nitrogens with zero attached hydrogens (tertiary/aromatic N) is 1. The number of benzene rings is 11. The maximum absolute atomic E-state index is 6.73. The van der Waals surface area contributed by atoms with Crippen LogP contribution in [0.1, 0.15) is 22.3 Å². The summed E-state index contributed by atoms with van der Waals surface area (Å²) in [5.74, 6) is 1.76. The summed E-state index contributed by atoms with van der Waals surface area (Å²) in [6.07, 6.45) is 0. The molecule has 0 fully saturated rings. The molecule has 324 valence electrons. The van der Waals surface area contributed by atoms with Crippen LogP contribution in [-0.2, 0) is 5.41 Å². The molecule has 1 spiro atoms. The van der Waals surface area contributed by atoms with Gasteiger partial charge in [-0.05, 0) is 103 Å². The Bertz CT molecular complexity index is 3640. The van der Waals surface area contributed by atoms with E-state index in [0.29, 0.717) is 0 Å². The van der Waals surface area contributed by atoms with Crippen molar-refractivity contribution in [3.05, 3.63) is 295 Å². The van der Waals surface area contributed by atoms with Gasteiger partial charge in [-0.15, -0.1) is 0 Å². The van der Waals surface area contributed by atoms with E-state index in [0.717, 1.165) is 56.4 Å². The van der Waals surface area contributed by atoms with Crippen LogP contribution in [0.15, 0.2) is 273 Å². The topological polar surface area (TPSA) is 12.5 Å².